The Kier molecular flexibility index (Phi) is 7.99. The molecule has 2 rings (SSSR count). The van der Waals surface area contributed by atoms with E-state index in [9.17, 15) is 4.79 Å². The van der Waals surface area contributed by atoms with Gasteiger partial charge in [0.15, 0.2) is 0 Å². The summed E-state index contributed by atoms with van der Waals surface area (Å²) in [5.41, 5.74) is 2.91. The predicted octanol–water partition coefficient (Wildman–Crippen LogP) is 5.76. The summed E-state index contributed by atoms with van der Waals surface area (Å²) in [6, 6.07) is 9.35. The number of hydrogen-bond donors (Lipinski definition) is 0. The molecule has 0 aliphatic carbocycles. The number of aryl methyl sites for hydroxylation is 2. The molecule has 146 valence electrons. The Morgan fingerprint density at radius 3 is 2.26 bits per heavy atom. The van der Waals surface area contributed by atoms with Crippen LogP contribution in [-0.2, 0) is 24.2 Å². The zero-order valence-corrected chi connectivity index (χ0v) is 17.2. The first-order valence-electron chi connectivity index (χ1n) is 9.43. The lowest BCUT2D eigenvalue weighted by molar-refractivity contribution is -0.134. The van der Waals surface area contributed by atoms with E-state index in [2.05, 4.69) is 19.9 Å². The summed E-state index contributed by atoms with van der Waals surface area (Å²) in [5.74, 6) is 1.55. The van der Waals surface area contributed by atoms with Gasteiger partial charge in [-0.2, -0.15) is 0 Å². The number of esters is 1. The summed E-state index contributed by atoms with van der Waals surface area (Å²) >= 11 is 6.37. The predicted molar refractivity (Wildman–Crippen MR) is 108 cm³/mol. The number of benzene rings is 2. The molecular weight excluding hydrogens is 364 g/mol. The van der Waals surface area contributed by atoms with Gasteiger partial charge in [0.05, 0.1) is 12.2 Å². The molecule has 0 heterocycles. The highest BCUT2D eigenvalue weighted by Crippen LogP contribution is 2.33. The average Bonchev–Trinajstić information content (AvgIpc) is 2.67. The molecule has 0 saturated heterocycles. The number of halogens is 1. The number of hydrogen-bond acceptors (Lipinski definition) is 4. The molecule has 4 nitrogen and oxygen atoms in total. The average molecular weight is 391 g/mol. The minimum Gasteiger partial charge on any atom is -0.493 e. The Balaban J connectivity index is 2.33. The highest BCUT2D eigenvalue weighted by molar-refractivity contribution is 6.31. The first kappa shape index (κ1) is 21.1. The van der Waals surface area contributed by atoms with Crippen LogP contribution in [0.3, 0.4) is 0 Å². The molecule has 0 amide bonds. The van der Waals surface area contributed by atoms with E-state index in [0.29, 0.717) is 35.1 Å². The van der Waals surface area contributed by atoms with Gasteiger partial charge in [-0.05, 0) is 49.1 Å². The molecule has 0 N–H and O–H groups in total. The number of carbonyl (C=O) groups excluding carboxylic acids is 1. The smallest absolute Gasteiger partial charge is 0.310 e. The van der Waals surface area contributed by atoms with E-state index < -0.39 is 0 Å². The molecule has 0 spiro atoms. The van der Waals surface area contributed by atoms with E-state index in [0.717, 1.165) is 29.7 Å². The van der Waals surface area contributed by atoms with Crippen LogP contribution in [0.5, 0.6) is 17.2 Å². The van der Waals surface area contributed by atoms with Crippen molar-refractivity contribution in [3.05, 3.63) is 52.0 Å². The van der Waals surface area contributed by atoms with Crippen molar-refractivity contribution >= 4 is 17.6 Å². The van der Waals surface area contributed by atoms with Crippen molar-refractivity contribution in [1.82, 2.24) is 0 Å². The summed E-state index contributed by atoms with van der Waals surface area (Å²) in [7, 11) is 0. The van der Waals surface area contributed by atoms with Gasteiger partial charge >= 0.3 is 5.97 Å². The molecule has 2 aromatic rings. The molecule has 0 bridgehead atoms. The third-order valence-electron chi connectivity index (χ3n) is 4.27. The van der Waals surface area contributed by atoms with Crippen LogP contribution in [-0.4, -0.2) is 12.6 Å². The van der Waals surface area contributed by atoms with Crippen molar-refractivity contribution in [1.29, 1.82) is 0 Å². The Morgan fingerprint density at radius 1 is 0.926 bits per heavy atom. The van der Waals surface area contributed by atoms with Crippen LogP contribution in [0.4, 0.5) is 0 Å². The van der Waals surface area contributed by atoms with Crippen LogP contribution >= 0.6 is 11.6 Å². The molecule has 0 aliphatic rings. The van der Waals surface area contributed by atoms with Gasteiger partial charge in [0.1, 0.15) is 23.9 Å². The minimum atomic E-state index is -0.297. The summed E-state index contributed by atoms with van der Waals surface area (Å²) in [4.78, 5) is 11.8. The zero-order chi connectivity index (χ0) is 19.8. The topological polar surface area (TPSA) is 44.8 Å². The fraction of sp³-hybridized carbons (Fsp3) is 0.409. The highest BCUT2D eigenvalue weighted by Gasteiger charge is 2.16. The second-order valence-corrected chi connectivity index (χ2v) is 6.45. The van der Waals surface area contributed by atoms with Gasteiger partial charge in [0, 0.05) is 11.4 Å². The van der Waals surface area contributed by atoms with Gasteiger partial charge in [-0.1, -0.05) is 44.5 Å². The molecule has 2 aromatic carbocycles. The van der Waals surface area contributed by atoms with E-state index in [1.165, 1.54) is 0 Å². The van der Waals surface area contributed by atoms with Gasteiger partial charge in [-0.3, -0.25) is 4.79 Å². The van der Waals surface area contributed by atoms with Gasteiger partial charge < -0.3 is 14.2 Å². The maximum Gasteiger partial charge on any atom is 0.310 e. The van der Waals surface area contributed by atoms with Crippen LogP contribution in [0.1, 0.15) is 50.8 Å². The van der Waals surface area contributed by atoms with Crippen LogP contribution in [0.25, 0.3) is 0 Å². The van der Waals surface area contributed by atoms with Crippen molar-refractivity contribution in [2.75, 3.05) is 6.61 Å². The molecule has 0 saturated carbocycles. The van der Waals surface area contributed by atoms with Gasteiger partial charge in [-0.25, -0.2) is 0 Å². The Labute approximate surface area is 166 Å². The molecule has 27 heavy (non-hydrogen) atoms. The van der Waals surface area contributed by atoms with E-state index in [-0.39, 0.29) is 12.6 Å². The summed E-state index contributed by atoms with van der Waals surface area (Å²) in [5, 5.41) is 0.695. The lowest BCUT2D eigenvalue weighted by atomic mass is 10.1. The first-order chi connectivity index (χ1) is 13.0. The normalized spacial score (nSPS) is 10.6. The van der Waals surface area contributed by atoms with E-state index >= 15 is 0 Å². The first-order valence-corrected chi connectivity index (χ1v) is 9.81. The number of rotatable bonds is 9. The number of carbonyl (C=O) groups is 1. The van der Waals surface area contributed by atoms with Crippen LogP contribution in [0.15, 0.2) is 30.3 Å². The lowest BCUT2D eigenvalue weighted by Crippen LogP contribution is -2.10. The van der Waals surface area contributed by atoms with Gasteiger partial charge in [0.2, 0.25) is 0 Å². The summed E-state index contributed by atoms with van der Waals surface area (Å²) < 4.78 is 17.2. The van der Waals surface area contributed by atoms with Gasteiger partial charge in [0.25, 0.3) is 0 Å². The molecule has 0 unspecified atom stereocenters. The molecule has 0 atom stereocenters. The van der Waals surface area contributed by atoms with Gasteiger partial charge in [-0.15, -0.1) is 0 Å². The van der Waals surface area contributed by atoms with Crippen molar-refractivity contribution in [2.24, 2.45) is 0 Å². The van der Waals surface area contributed by atoms with Crippen molar-refractivity contribution in [2.45, 2.75) is 53.6 Å². The minimum absolute atomic E-state index is 0.220. The van der Waals surface area contributed by atoms with Crippen LogP contribution in [0.2, 0.25) is 5.02 Å². The van der Waals surface area contributed by atoms with E-state index in [4.69, 9.17) is 25.8 Å². The third-order valence-corrected chi connectivity index (χ3v) is 4.62. The molecule has 0 fully saturated rings. The quantitative estimate of drug-likeness (QED) is 0.403. The molecule has 5 heteroatoms. The fourth-order valence-electron chi connectivity index (χ4n) is 2.75. The van der Waals surface area contributed by atoms with E-state index in [1.54, 1.807) is 19.1 Å². The maximum absolute atomic E-state index is 11.8. The monoisotopic (exact) mass is 390 g/mol. The Bertz CT molecular complexity index is 786. The molecular formula is C22H27ClO4. The molecule has 0 radical (unpaired) electrons. The second-order valence-electron chi connectivity index (χ2n) is 6.04. The van der Waals surface area contributed by atoms with Crippen molar-refractivity contribution in [3.63, 3.8) is 0 Å². The second kappa shape index (κ2) is 10.2. The van der Waals surface area contributed by atoms with Crippen LogP contribution in [0, 0.1) is 0 Å². The summed E-state index contributed by atoms with van der Waals surface area (Å²) in [6.07, 6.45) is 2.01. The number of ether oxygens (including phenoxy) is 3. The molecule has 0 aromatic heterocycles. The Hall–Kier alpha value is -2.20. The highest BCUT2D eigenvalue weighted by atomic mass is 35.5. The van der Waals surface area contributed by atoms with Crippen molar-refractivity contribution < 1.29 is 19.0 Å². The third kappa shape index (κ3) is 5.39. The molecule has 0 aliphatic heterocycles. The lowest BCUT2D eigenvalue weighted by Gasteiger charge is -2.17. The standard InChI is InChI=1S/C22H27ClO4/c1-5-15-12-16(6-2)21(13-18(15)23)26-14-17-19(25-8-4)10-9-11-20(17)27-22(24)7-3/h9-13H,5-8,14H2,1-4H3. The Morgan fingerprint density at radius 2 is 1.63 bits per heavy atom. The summed E-state index contributed by atoms with van der Waals surface area (Å²) in [6.45, 7) is 8.56. The van der Waals surface area contributed by atoms with E-state index in [1.807, 2.05) is 19.1 Å². The SMILES string of the molecule is CCOc1cccc(OC(=O)CC)c1COc1cc(Cl)c(CC)cc1CC. The maximum atomic E-state index is 11.8. The van der Waals surface area contributed by atoms with Crippen molar-refractivity contribution in [3.8, 4) is 17.2 Å². The van der Waals surface area contributed by atoms with Crippen LogP contribution < -0.4 is 14.2 Å². The fourth-order valence-corrected chi connectivity index (χ4v) is 3.04. The zero-order valence-electron chi connectivity index (χ0n) is 16.4. The largest absolute Gasteiger partial charge is 0.493 e.